The summed E-state index contributed by atoms with van der Waals surface area (Å²) in [5, 5.41) is 10.8. The molecule has 0 amide bonds. The number of hydrogen-bond acceptors (Lipinski definition) is 5. The van der Waals surface area contributed by atoms with E-state index in [1.807, 2.05) is 38.1 Å². The van der Waals surface area contributed by atoms with E-state index in [9.17, 15) is 23.2 Å². The number of ether oxygens (including phenoxy) is 1. The Hall–Kier alpha value is -4.22. The maximum Gasteiger partial charge on any atom is 0.416 e. The summed E-state index contributed by atoms with van der Waals surface area (Å²) in [6.07, 6.45) is -3.33. The maximum absolute atomic E-state index is 13.6. The number of allylic oxidation sites excluding steroid dienone is 3. The molecular weight excluding hydrogens is 551 g/mol. The number of alkyl halides is 3. The summed E-state index contributed by atoms with van der Waals surface area (Å²) in [4.78, 5) is 15.0. The minimum atomic E-state index is -4.56. The molecule has 1 aliphatic heterocycles. The number of nitrogens with two attached hydrogens (primary N) is 1. The quantitative estimate of drug-likeness (QED) is 0.334. The van der Waals surface area contributed by atoms with Gasteiger partial charge < -0.3 is 10.5 Å². The molecule has 2 N–H and O–H groups in total. The number of halogens is 4. The van der Waals surface area contributed by atoms with Gasteiger partial charge in [0, 0.05) is 23.4 Å². The zero-order valence-corrected chi connectivity index (χ0v) is 23.2. The van der Waals surface area contributed by atoms with Gasteiger partial charge in [0.1, 0.15) is 18.2 Å². The van der Waals surface area contributed by atoms with Crippen molar-refractivity contribution in [3.8, 4) is 11.8 Å². The van der Waals surface area contributed by atoms with Crippen LogP contribution in [0, 0.1) is 25.2 Å². The van der Waals surface area contributed by atoms with Crippen LogP contribution in [0.25, 0.3) is 0 Å². The van der Waals surface area contributed by atoms with Gasteiger partial charge in [0.05, 0.1) is 28.1 Å². The van der Waals surface area contributed by atoms with Crippen LogP contribution in [-0.2, 0) is 17.6 Å². The van der Waals surface area contributed by atoms with Gasteiger partial charge in [-0.2, -0.15) is 18.4 Å². The van der Waals surface area contributed by atoms with Crippen LogP contribution in [-0.4, -0.2) is 5.78 Å². The molecule has 3 aromatic rings. The van der Waals surface area contributed by atoms with Crippen LogP contribution in [0.1, 0.15) is 53.0 Å². The van der Waals surface area contributed by atoms with Gasteiger partial charge in [-0.1, -0.05) is 41.9 Å². The molecule has 1 atom stereocenters. The second kappa shape index (κ2) is 11.0. The molecule has 0 saturated heterocycles. The predicted molar refractivity (Wildman–Crippen MR) is 151 cm³/mol. The number of anilines is 1. The molecule has 0 fully saturated rings. The molecular formula is C32H27ClF3N3O2. The number of nitrogens with zero attached hydrogens (tertiary/aromatic N) is 2. The van der Waals surface area contributed by atoms with E-state index in [-0.39, 0.29) is 35.9 Å². The minimum Gasteiger partial charge on any atom is -0.487 e. The van der Waals surface area contributed by atoms with Crippen molar-refractivity contribution in [1.29, 1.82) is 5.26 Å². The highest BCUT2D eigenvalue weighted by atomic mass is 35.5. The third-order valence-electron chi connectivity index (χ3n) is 7.60. The van der Waals surface area contributed by atoms with Crippen molar-refractivity contribution in [2.75, 3.05) is 4.90 Å². The van der Waals surface area contributed by atoms with Crippen molar-refractivity contribution in [3.63, 3.8) is 0 Å². The smallest absolute Gasteiger partial charge is 0.416 e. The van der Waals surface area contributed by atoms with Gasteiger partial charge in [0.25, 0.3) is 0 Å². The third kappa shape index (κ3) is 5.30. The normalized spacial score (nSPS) is 17.4. The van der Waals surface area contributed by atoms with Crippen LogP contribution in [0.4, 0.5) is 18.9 Å². The van der Waals surface area contributed by atoms with Crippen LogP contribution < -0.4 is 15.4 Å². The fraction of sp³-hybridized carbons (Fsp3) is 0.250. The molecule has 0 saturated carbocycles. The molecule has 0 aromatic heterocycles. The molecule has 41 heavy (non-hydrogen) atoms. The standard InChI is InChI=1S/C32H27ClF3N3O2/c1-18-13-19(2)23(14-20(18)17-41-28-12-4-3-9-25(28)33)29-24(16-37)31(38)39(26-10-6-11-27(40)30(26)29)22-8-5-7-21(15-22)32(34,35)36/h3-5,7-9,12-15,29H,6,10-11,17,38H2,1-2H3. The number of hydrogen-bond donors (Lipinski definition) is 1. The number of benzene rings is 3. The molecule has 210 valence electrons. The Balaban J connectivity index is 1.64. The van der Waals surface area contributed by atoms with Gasteiger partial charge in [-0.25, -0.2) is 0 Å². The number of carbonyl (C=O) groups is 1. The molecule has 5 nitrogen and oxygen atoms in total. The molecule has 9 heteroatoms. The molecule has 5 rings (SSSR count). The highest BCUT2D eigenvalue weighted by Crippen LogP contribution is 2.48. The lowest BCUT2D eigenvalue weighted by Crippen LogP contribution is -2.39. The molecule has 0 bridgehead atoms. The second-order valence-electron chi connectivity index (χ2n) is 10.2. The molecule has 1 unspecified atom stereocenters. The lowest BCUT2D eigenvalue weighted by molar-refractivity contribution is -0.137. The van der Waals surface area contributed by atoms with E-state index in [0.717, 1.165) is 34.4 Å². The Morgan fingerprint density at radius 3 is 2.54 bits per heavy atom. The highest BCUT2D eigenvalue weighted by molar-refractivity contribution is 6.32. The van der Waals surface area contributed by atoms with E-state index >= 15 is 0 Å². The van der Waals surface area contributed by atoms with E-state index in [2.05, 4.69) is 6.07 Å². The number of carbonyl (C=O) groups excluding carboxylic acids is 1. The SMILES string of the molecule is Cc1cc(C)c(C2C(C#N)=C(N)N(c3cccc(C(F)(F)F)c3)C3=C2C(=O)CCC3)cc1COc1ccccc1Cl. The molecule has 0 radical (unpaired) electrons. The fourth-order valence-corrected chi connectivity index (χ4v) is 5.80. The molecule has 0 spiro atoms. The number of aryl methyl sites for hydroxylation is 2. The summed E-state index contributed by atoms with van der Waals surface area (Å²) in [5.41, 5.74) is 10.3. The molecule has 3 aromatic carbocycles. The summed E-state index contributed by atoms with van der Waals surface area (Å²) < 4.78 is 46.7. The van der Waals surface area contributed by atoms with Gasteiger partial charge >= 0.3 is 6.18 Å². The number of rotatable bonds is 5. The third-order valence-corrected chi connectivity index (χ3v) is 7.91. The van der Waals surface area contributed by atoms with Crippen molar-refractivity contribution in [2.24, 2.45) is 5.73 Å². The predicted octanol–water partition coefficient (Wildman–Crippen LogP) is 7.86. The second-order valence-corrected chi connectivity index (χ2v) is 10.6. The zero-order valence-electron chi connectivity index (χ0n) is 22.5. The van der Waals surface area contributed by atoms with Crippen LogP contribution >= 0.6 is 11.6 Å². The summed E-state index contributed by atoms with van der Waals surface area (Å²) in [5.74, 6) is -0.370. The Labute approximate surface area is 241 Å². The Kier molecular flexibility index (Phi) is 7.58. The van der Waals surface area contributed by atoms with Gasteiger partial charge in [0.15, 0.2) is 5.78 Å². The topological polar surface area (TPSA) is 79.4 Å². The van der Waals surface area contributed by atoms with E-state index in [1.165, 1.54) is 17.0 Å². The first-order chi connectivity index (χ1) is 19.5. The van der Waals surface area contributed by atoms with Crippen LogP contribution in [0.15, 0.2) is 83.3 Å². The first kappa shape index (κ1) is 28.3. The fourth-order valence-electron chi connectivity index (χ4n) is 5.61. The number of Topliss-reactive ketones (excluding diaryl/α,β-unsaturated/α-hetero) is 1. The van der Waals surface area contributed by atoms with Crippen molar-refractivity contribution < 1.29 is 22.7 Å². The van der Waals surface area contributed by atoms with E-state index < -0.39 is 17.7 Å². The van der Waals surface area contributed by atoms with Crippen LogP contribution in [0.2, 0.25) is 5.02 Å². The first-order valence-corrected chi connectivity index (χ1v) is 13.5. The summed E-state index contributed by atoms with van der Waals surface area (Å²) in [7, 11) is 0. The van der Waals surface area contributed by atoms with Gasteiger partial charge in [0.2, 0.25) is 0 Å². The van der Waals surface area contributed by atoms with Crippen LogP contribution in [0.5, 0.6) is 5.75 Å². The lowest BCUT2D eigenvalue weighted by Gasteiger charge is -2.40. The zero-order chi connectivity index (χ0) is 29.5. The van der Waals surface area contributed by atoms with E-state index in [1.54, 1.807) is 12.1 Å². The number of nitriles is 1. The molecule has 2 aliphatic rings. The molecule has 1 heterocycles. The average Bonchev–Trinajstić information content (AvgIpc) is 2.93. The van der Waals surface area contributed by atoms with Crippen molar-refractivity contribution in [2.45, 2.75) is 51.8 Å². The maximum atomic E-state index is 13.6. The van der Waals surface area contributed by atoms with Gasteiger partial charge in [-0.15, -0.1) is 0 Å². The highest BCUT2D eigenvalue weighted by Gasteiger charge is 2.41. The summed E-state index contributed by atoms with van der Waals surface area (Å²) in [6, 6.07) is 18.0. The van der Waals surface area contributed by atoms with E-state index in [4.69, 9.17) is 22.1 Å². The monoisotopic (exact) mass is 577 g/mol. The van der Waals surface area contributed by atoms with Crippen molar-refractivity contribution in [3.05, 3.63) is 116 Å². The number of ketones is 1. The Morgan fingerprint density at radius 1 is 1.07 bits per heavy atom. The minimum absolute atomic E-state index is 0.0131. The molecule has 1 aliphatic carbocycles. The Bertz CT molecular complexity index is 1650. The van der Waals surface area contributed by atoms with Crippen molar-refractivity contribution >= 4 is 23.1 Å². The number of para-hydroxylation sites is 1. The lowest BCUT2D eigenvalue weighted by atomic mass is 9.74. The van der Waals surface area contributed by atoms with Crippen molar-refractivity contribution in [1.82, 2.24) is 0 Å². The van der Waals surface area contributed by atoms with Gasteiger partial charge in [-0.05, 0) is 79.3 Å². The van der Waals surface area contributed by atoms with Gasteiger partial charge in [-0.3, -0.25) is 9.69 Å². The summed E-state index contributed by atoms with van der Waals surface area (Å²) in [6.45, 7) is 4.05. The Morgan fingerprint density at radius 2 is 1.83 bits per heavy atom. The first-order valence-electron chi connectivity index (χ1n) is 13.1. The van der Waals surface area contributed by atoms with Crippen LogP contribution in [0.3, 0.4) is 0 Å². The summed E-state index contributed by atoms with van der Waals surface area (Å²) >= 11 is 6.26. The largest absolute Gasteiger partial charge is 0.487 e. The average molecular weight is 578 g/mol. The van der Waals surface area contributed by atoms with E-state index in [0.29, 0.717) is 34.9 Å².